The van der Waals surface area contributed by atoms with Crippen LogP contribution in [0.5, 0.6) is 0 Å². The topological polar surface area (TPSA) is 95.6 Å². The first-order valence-corrected chi connectivity index (χ1v) is 13.7. The maximum absolute atomic E-state index is 14.9. The van der Waals surface area contributed by atoms with E-state index in [2.05, 4.69) is 25.6 Å². The van der Waals surface area contributed by atoms with Gasteiger partial charge in [0.05, 0.1) is 18.5 Å². The van der Waals surface area contributed by atoms with Crippen molar-refractivity contribution in [1.82, 2.24) is 39.8 Å². The van der Waals surface area contributed by atoms with Gasteiger partial charge in [-0.25, -0.2) is 23.4 Å². The number of pyridine rings is 2. The minimum absolute atomic E-state index is 0.236. The van der Waals surface area contributed by atoms with E-state index in [1.807, 2.05) is 19.2 Å². The third-order valence-electron chi connectivity index (χ3n) is 7.57. The minimum atomic E-state index is -0.419. The second kappa shape index (κ2) is 10.6. The second-order valence-corrected chi connectivity index (χ2v) is 10.6. The van der Waals surface area contributed by atoms with Gasteiger partial charge in [0, 0.05) is 55.2 Å². The molecule has 0 bridgehead atoms. The van der Waals surface area contributed by atoms with Crippen LogP contribution < -0.4 is 5.32 Å². The van der Waals surface area contributed by atoms with Crippen molar-refractivity contribution in [3.05, 3.63) is 84.2 Å². The Balaban J connectivity index is 1.24. The Bertz CT molecular complexity index is 1720. The number of halogens is 2. The zero-order chi connectivity index (χ0) is 27.9. The molecule has 1 N–H and O–H groups in total. The van der Waals surface area contributed by atoms with Crippen LogP contribution in [-0.2, 0) is 18.3 Å². The molecule has 0 radical (unpaired) electrons. The van der Waals surface area contributed by atoms with Crippen molar-refractivity contribution < 1.29 is 13.5 Å². The van der Waals surface area contributed by atoms with Gasteiger partial charge >= 0.3 is 0 Å². The van der Waals surface area contributed by atoms with Crippen LogP contribution in [0.25, 0.3) is 39.6 Å². The molecular weight excluding hydrogens is 526 g/mol. The van der Waals surface area contributed by atoms with Crippen LogP contribution in [0.2, 0.25) is 0 Å². The summed E-state index contributed by atoms with van der Waals surface area (Å²) in [5.74, 6) is 0.726. The summed E-state index contributed by atoms with van der Waals surface area (Å²) in [4.78, 5) is 9.48. The van der Waals surface area contributed by atoms with Crippen LogP contribution in [0.3, 0.4) is 0 Å². The SMILES string of the molecule is Cn1cnnc1-c1cc(F)ccc1-c1cc(C2CC2)nc(-n2cc(-c3nc(CN[C@H]4CCOC4)ccc3F)cn2)c1. The van der Waals surface area contributed by atoms with Gasteiger partial charge in [-0.15, -0.1) is 10.2 Å². The van der Waals surface area contributed by atoms with Crippen molar-refractivity contribution in [2.24, 2.45) is 7.05 Å². The van der Waals surface area contributed by atoms with Gasteiger partial charge in [0.25, 0.3) is 0 Å². The Morgan fingerprint density at radius 2 is 1.90 bits per heavy atom. The largest absolute Gasteiger partial charge is 0.380 e. The van der Waals surface area contributed by atoms with E-state index >= 15 is 0 Å². The molecule has 41 heavy (non-hydrogen) atoms. The van der Waals surface area contributed by atoms with Crippen LogP contribution in [-0.4, -0.2) is 53.8 Å². The smallest absolute Gasteiger partial charge is 0.164 e. The number of rotatable bonds is 8. The number of aromatic nitrogens is 7. The molecule has 11 heteroatoms. The van der Waals surface area contributed by atoms with Crippen LogP contribution in [0, 0.1) is 11.6 Å². The number of benzene rings is 1. The molecule has 1 aliphatic carbocycles. The zero-order valence-corrected chi connectivity index (χ0v) is 22.5. The van der Waals surface area contributed by atoms with Crippen molar-refractivity contribution in [3.63, 3.8) is 0 Å². The maximum Gasteiger partial charge on any atom is 0.164 e. The summed E-state index contributed by atoms with van der Waals surface area (Å²) in [6.07, 6.45) is 8.00. The maximum atomic E-state index is 14.9. The van der Waals surface area contributed by atoms with Crippen molar-refractivity contribution in [2.75, 3.05) is 13.2 Å². The number of aryl methyl sites for hydroxylation is 1. The standard InChI is InChI=1S/C30H28F2N8O/c1-39-17-34-38-30(39)25-12-21(31)4-6-24(25)19-10-27(18-2-3-18)37-28(11-19)40-15-20(13-35-40)29-26(32)7-5-22(36-29)14-33-23-8-9-41-16-23/h4-7,10-13,15,17-18,23,33H,2-3,8-9,14,16H2,1H3/t23-/m0/s1. The first-order chi connectivity index (χ1) is 20.0. The highest BCUT2D eigenvalue weighted by Crippen LogP contribution is 2.42. The van der Waals surface area contributed by atoms with Gasteiger partial charge in [-0.3, -0.25) is 0 Å². The molecular formula is C30H28F2N8O. The van der Waals surface area contributed by atoms with Crippen LogP contribution in [0.15, 0.2) is 61.2 Å². The van der Waals surface area contributed by atoms with Gasteiger partial charge in [-0.05, 0) is 66.8 Å². The van der Waals surface area contributed by atoms with Crippen molar-refractivity contribution in [2.45, 2.75) is 37.8 Å². The Morgan fingerprint density at radius 1 is 1.00 bits per heavy atom. The fourth-order valence-corrected chi connectivity index (χ4v) is 5.18. The Labute approximate surface area is 235 Å². The molecule has 0 spiro atoms. The minimum Gasteiger partial charge on any atom is -0.380 e. The number of nitrogens with one attached hydrogen (secondary N) is 1. The molecule has 0 amide bonds. The zero-order valence-electron chi connectivity index (χ0n) is 22.5. The van der Waals surface area contributed by atoms with Crippen LogP contribution >= 0.6 is 0 Å². The average molecular weight is 555 g/mol. The summed E-state index contributed by atoms with van der Waals surface area (Å²) in [6.45, 7) is 1.95. The number of hydrogen-bond acceptors (Lipinski definition) is 7. The molecule has 1 saturated heterocycles. The predicted molar refractivity (Wildman–Crippen MR) is 148 cm³/mol. The van der Waals surface area contributed by atoms with Gasteiger partial charge in [0.1, 0.15) is 23.7 Å². The molecule has 5 aromatic rings. The third kappa shape index (κ3) is 5.25. The van der Waals surface area contributed by atoms with Crippen molar-refractivity contribution >= 4 is 0 Å². The number of ether oxygens (including phenoxy) is 1. The van der Waals surface area contributed by atoms with E-state index in [4.69, 9.17) is 9.72 Å². The number of hydrogen-bond donors (Lipinski definition) is 1. The summed E-state index contributed by atoms with van der Waals surface area (Å²) in [7, 11) is 1.82. The summed E-state index contributed by atoms with van der Waals surface area (Å²) in [6, 6.07) is 12.0. The molecule has 2 fully saturated rings. The fourth-order valence-electron chi connectivity index (χ4n) is 5.18. The highest BCUT2D eigenvalue weighted by atomic mass is 19.1. The van der Waals surface area contributed by atoms with Gasteiger partial charge in [-0.1, -0.05) is 6.07 Å². The first-order valence-electron chi connectivity index (χ1n) is 13.7. The predicted octanol–water partition coefficient (Wildman–Crippen LogP) is 4.83. The quantitative estimate of drug-likeness (QED) is 0.294. The highest BCUT2D eigenvalue weighted by Gasteiger charge is 2.27. The normalized spacial score (nSPS) is 16.9. The molecule has 1 atom stereocenters. The van der Waals surface area contributed by atoms with Crippen molar-refractivity contribution in [3.8, 4) is 39.6 Å². The molecule has 2 aliphatic rings. The summed E-state index contributed by atoms with van der Waals surface area (Å²) >= 11 is 0. The lowest BCUT2D eigenvalue weighted by Crippen LogP contribution is -2.28. The fraction of sp³-hybridized carbons (Fsp3) is 0.300. The van der Waals surface area contributed by atoms with Crippen molar-refractivity contribution in [1.29, 1.82) is 0 Å². The van der Waals surface area contributed by atoms with Gasteiger partial charge in [0.2, 0.25) is 0 Å². The molecule has 1 saturated carbocycles. The van der Waals surface area contributed by atoms with Gasteiger partial charge < -0.3 is 14.6 Å². The Hall–Kier alpha value is -4.35. The molecule has 208 valence electrons. The average Bonchev–Trinajstić information content (AvgIpc) is 3.32. The molecule has 0 unspecified atom stereocenters. The second-order valence-electron chi connectivity index (χ2n) is 10.6. The Morgan fingerprint density at radius 3 is 2.68 bits per heavy atom. The van der Waals surface area contributed by atoms with Gasteiger partial charge in [-0.2, -0.15) is 5.10 Å². The van der Waals surface area contributed by atoms with E-state index in [1.165, 1.54) is 18.2 Å². The molecule has 4 aromatic heterocycles. The Kier molecular flexibility index (Phi) is 6.60. The molecule has 7 rings (SSSR count). The van der Waals surface area contributed by atoms with E-state index in [0.717, 1.165) is 48.4 Å². The third-order valence-corrected chi connectivity index (χ3v) is 7.57. The van der Waals surface area contributed by atoms with E-state index in [-0.39, 0.29) is 17.6 Å². The van der Waals surface area contributed by atoms with Crippen LogP contribution in [0.1, 0.15) is 36.6 Å². The first kappa shape index (κ1) is 25.6. The lowest BCUT2D eigenvalue weighted by molar-refractivity contribution is 0.189. The summed E-state index contributed by atoms with van der Waals surface area (Å²) in [5, 5.41) is 16.1. The summed E-state index contributed by atoms with van der Waals surface area (Å²) in [5.41, 5.74) is 4.77. The molecule has 5 heterocycles. The van der Waals surface area contributed by atoms with E-state index in [9.17, 15) is 8.78 Å². The lowest BCUT2D eigenvalue weighted by Gasteiger charge is -2.13. The molecule has 1 aromatic carbocycles. The highest BCUT2D eigenvalue weighted by molar-refractivity contribution is 5.81. The molecule has 1 aliphatic heterocycles. The summed E-state index contributed by atoms with van der Waals surface area (Å²) < 4.78 is 38.1. The van der Waals surface area contributed by atoms with Gasteiger partial charge in [0.15, 0.2) is 11.6 Å². The monoisotopic (exact) mass is 554 g/mol. The van der Waals surface area contributed by atoms with Crippen LogP contribution in [0.4, 0.5) is 8.78 Å². The lowest BCUT2D eigenvalue weighted by atomic mass is 9.98. The van der Waals surface area contributed by atoms with E-state index < -0.39 is 5.82 Å². The van der Waals surface area contributed by atoms with E-state index in [0.29, 0.717) is 41.8 Å². The molecule has 9 nitrogen and oxygen atoms in total. The number of nitrogens with zero attached hydrogens (tertiary/aromatic N) is 7. The van der Waals surface area contributed by atoms with E-state index in [1.54, 1.807) is 40.1 Å².